The maximum absolute atomic E-state index is 12.5. The quantitative estimate of drug-likeness (QED) is 0.499. The molecule has 2 aromatic rings. The summed E-state index contributed by atoms with van der Waals surface area (Å²) in [6, 6.07) is 10.2. The number of ether oxygens (including phenoxy) is 3. The molecule has 0 saturated heterocycles. The zero-order valence-corrected chi connectivity index (χ0v) is 16.7. The molecule has 1 N–H and O–H groups in total. The Kier molecular flexibility index (Phi) is 7.94. The van der Waals surface area contributed by atoms with E-state index in [0.717, 1.165) is 11.1 Å². The smallest absolute Gasteiger partial charge is 0.387 e. The summed E-state index contributed by atoms with van der Waals surface area (Å²) in [6.07, 6.45) is 1.31. The molecule has 0 aliphatic heterocycles. The van der Waals surface area contributed by atoms with Crippen LogP contribution in [0.4, 0.5) is 8.78 Å². The number of carbonyl (C=O) groups excluding carboxylic acids is 1. The third kappa shape index (κ3) is 6.74. The van der Waals surface area contributed by atoms with E-state index >= 15 is 0 Å². The molecule has 0 radical (unpaired) electrons. The Morgan fingerprint density at radius 2 is 1.90 bits per heavy atom. The van der Waals surface area contributed by atoms with E-state index in [1.54, 1.807) is 6.07 Å². The Morgan fingerprint density at radius 3 is 2.55 bits per heavy atom. The van der Waals surface area contributed by atoms with E-state index < -0.39 is 12.5 Å². The van der Waals surface area contributed by atoms with Gasteiger partial charge in [-0.05, 0) is 53.8 Å². The standard InChI is InChI=1S/C21H24F2N2O4/c1-13(2)16-7-5-14(3)9-18(16)28-12-20(26)25-24-11-15-6-8-17(27-4)19(10-15)29-21(22)23/h5-11,13,21H,12H2,1-4H3,(H,25,26)/b24-11-. The number of methoxy groups -OCH3 is 1. The summed E-state index contributed by atoms with van der Waals surface area (Å²) in [5.41, 5.74) is 4.83. The molecule has 0 aliphatic carbocycles. The first-order chi connectivity index (χ1) is 13.8. The van der Waals surface area contributed by atoms with Crippen molar-refractivity contribution in [2.75, 3.05) is 13.7 Å². The second kappa shape index (κ2) is 10.4. The fourth-order valence-corrected chi connectivity index (χ4v) is 2.56. The fraction of sp³-hybridized carbons (Fsp3) is 0.333. The molecule has 0 saturated carbocycles. The second-order valence-corrected chi connectivity index (χ2v) is 6.57. The molecule has 0 bridgehead atoms. The van der Waals surface area contributed by atoms with Gasteiger partial charge in [0.15, 0.2) is 18.1 Å². The first-order valence-electron chi connectivity index (χ1n) is 8.98. The first-order valence-corrected chi connectivity index (χ1v) is 8.98. The van der Waals surface area contributed by atoms with E-state index in [-0.39, 0.29) is 24.0 Å². The van der Waals surface area contributed by atoms with Crippen molar-refractivity contribution in [3.05, 3.63) is 53.1 Å². The van der Waals surface area contributed by atoms with E-state index in [1.807, 2.05) is 39.0 Å². The average molecular weight is 406 g/mol. The molecule has 0 heterocycles. The van der Waals surface area contributed by atoms with Crippen molar-refractivity contribution in [1.82, 2.24) is 5.43 Å². The molecule has 8 heteroatoms. The minimum Gasteiger partial charge on any atom is -0.493 e. The fourth-order valence-electron chi connectivity index (χ4n) is 2.56. The van der Waals surface area contributed by atoms with Crippen LogP contribution < -0.4 is 19.6 Å². The number of hydrogen-bond acceptors (Lipinski definition) is 5. The first kappa shape index (κ1) is 22.1. The van der Waals surface area contributed by atoms with Gasteiger partial charge in [0.2, 0.25) is 0 Å². The zero-order valence-electron chi connectivity index (χ0n) is 16.7. The van der Waals surface area contributed by atoms with Crippen LogP contribution in [0.25, 0.3) is 0 Å². The summed E-state index contributed by atoms with van der Waals surface area (Å²) >= 11 is 0. The Bertz CT molecular complexity index is 870. The SMILES string of the molecule is COc1ccc(/C=N\NC(=O)COc2cc(C)ccc2C(C)C)cc1OC(F)F. The molecule has 0 unspecified atom stereocenters. The zero-order chi connectivity index (χ0) is 21.4. The lowest BCUT2D eigenvalue weighted by molar-refractivity contribution is -0.123. The van der Waals surface area contributed by atoms with Crippen molar-refractivity contribution < 1.29 is 27.8 Å². The van der Waals surface area contributed by atoms with Crippen molar-refractivity contribution in [2.24, 2.45) is 5.10 Å². The van der Waals surface area contributed by atoms with Crippen LogP contribution in [-0.2, 0) is 4.79 Å². The molecule has 0 spiro atoms. The van der Waals surface area contributed by atoms with Crippen LogP contribution >= 0.6 is 0 Å². The van der Waals surface area contributed by atoms with Crippen LogP contribution in [-0.4, -0.2) is 32.4 Å². The topological polar surface area (TPSA) is 69.2 Å². The van der Waals surface area contributed by atoms with Gasteiger partial charge in [-0.3, -0.25) is 4.79 Å². The van der Waals surface area contributed by atoms with Gasteiger partial charge < -0.3 is 14.2 Å². The highest BCUT2D eigenvalue weighted by atomic mass is 19.3. The number of nitrogens with one attached hydrogen (secondary N) is 1. The molecule has 0 fully saturated rings. The van der Waals surface area contributed by atoms with Gasteiger partial charge in [-0.15, -0.1) is 0 Å². The summed E-state index contributed by atoms with van der Waals surface area (Å²) in [4.78, 5) is 12.0. The van der Waals surface area contributed by atoms with Gasteiger partial charge in [0.1, 0.15) is 5.75 Å². The molecule has 2 aromatic carbocycles. The summed E-state index contributed by atoms with van der Waals surface area (Å²) in [6.45, 7) is 2.85. The molecular formula is C21H24F2N2O4. The third-order valence-corrected chi connectivity index (χ3v) is 3.96. The highest BCUT2D eigenvalue weighted by molar-refractivity contribution is 5.83. The maximum Gasteiger partial charge on any atom is 0.387 e. The van der Waals surface area contributed by atoms with E-state index in [0.29, 0.717) is 11.3 Å². The van der Waals surface area contributed by atoms with Crippen LogP contribution in [0.1, 0.15) is 36.5 Å². The Hall–Kier alpha value is -3.16. The highest BCUT2D eigenvalue weighted by Crippen LogP contribution is 2.29. The van der Waals surface area contributed by atoms with Crippen LogP contribution in [0.5, 0.6) is 17.2 Å². The van der Waals surface area contributed by atoms with Gasteiger partial charge >= 0.3 is 6.61 Å². The number of aryl methyl sites for hydroxylation is 1. The number of alkyl halides is 2. The van der Waals surface area contributed by atoms with Crippen LogP contribution in [0.3, 0.4) is 0 Å². The minimum atomic E-state index is -2.98. The lowest BCUT2D eigenvalue weighted by Crippen LogP contribution is -2.25. The largest absolute Gasteiger partial charge is 0.493 e. The Balaban J connectivity index is 1.96. The van der Waals surface area contributed by atoms with E-state index in [9.17, 15) is 13.6 Å². The maximum atomic E-state index is 12.5. The van der Waals surface area contributed by atoms with E-state index in [1.165, 1.54) is 25.5 Å². The summed E-state index contributed by atoms with van der Waals surface area (Å²) in [5, 5.41) is 3.82. The van der Waals surface area contributed by atoms with Gasteiger partial charge in [-0.1, -0.05) is 26.0 Å². The molecule has 156 valence electrons. The number of carbonyl (C=O) groups is 1. The van der Waals surface area contributed by atoms with E-state index in [4.69, 9.17) is 9.47 Å². The summed E-state index contributed by atoms with van der Waals surface area (Å²) < 4.78 is 39.9. The predicted octanol–water partition coefficient (Wildman–Crippen LogP) is 4.26. The molecule has 0 atom stereocenters. The van der Waals surface area contributed by atoms with Crippen molar-refractivity contribution in [3.63, 3.8) is 0 Å². The van der Waals surface area contributed by atoms with Crippen LogP contribution in [0, 0.1) is 6.92 Å². The van der Waals surface area contributed by atoms with Crippen LogP contribution in [0.15, 0.2) is 41.5 Å². The number of nitrogens with zero attached hydrogens (tertiary/aromatic N) is 1. The summed E-state index contributed by atoms with van der Waals surface area (Å²) in [5.74, 6) is 0.505. The van der Waals surface area contributed by atoms with Crippen molar-refractivity contribution in [2.45, 2.75) is 33.3 Å². The molecule has 6 nitrogen and oxygen atoms in total. The lowest BCUT2D eigenvalue weighted by atomic mass is 10.0. The molecule has 2 rings (SSSR count). The number of benzene rings is 2. The molecular weight excluding hydrogens is 382 g/mol. The number of hydrogen-bond donors (Lipinski definition) is 1. The third-order valence-electron chi connectivity index (χ3n) is 3.96. The number of rotatable bonds is 9. The van der Waals surface area contributed by atoms with Gasteiger partial charge in [0.05, 0.1) is 13.3 Å². The highest BCUT2D eigenvalue weighted by Gasteiger charge is 2.12. The van der Waals surface area contributed by atoms with Crippen molar-refractivity contribution in [1.29, 1.82) is 0 Å². The van der Waals surface area contributed by atoms with Crippen LogP contribution in [0.2, 0.25) is 0 Å². The lowest BCUT2D eigenvalue weighted by Gasteiger charge is -2.14. The van der Waals surface area contributed by atoms with Crippen molar-refractivity contribution >= 4 is 12.1 Å². The number of halogens is 2. The van der Waals surface area contributed by atoms with Crippen molar-refractivity contribution in [3.8, 4) is 17.2 Å². The number of amides is 1. The normalized spacial score (nSPS) is 11.2. The van der Waals surface area contributed by atoms with Gasteiger partial charge in [-0.25, -0.2) is 5.43 Å². The minimum absolute atomic E-state index is 0.123. The summed E-state index contributed by atoms with van der Waals surface area (Å²) in [7, 11) is 1.35. The number of hydrazone groups is 1. The average Bonchev–Trinajstić information content (AvgIpc) is 2.66. The second-order valence-electron chi connectivity index (χ2n) is 6.57. The van der Waals surface area contributed by atoms with E-state index in [2.05, 4.69) is 15.3 Å². The Labute approximate surface area is 168 Å². The van der Waals surface area contributed by atoms with Gasteiger partial charge in [0.25, 0.3) is 5.91 Å². The monoisotopic (exact) mass is 406 g/mol. The molecule has 1 amide bonds. The predicted molar refractivity (Wildman–Crippen MR) is 106 cm³/mol. The van der Waals surface area contributed by atoms with Gasteiger partial charge in [0, 0.05) is 0 Å². The Morgan fingerprint density at radius 1 is 1.14 bits per heavy atom. The molecule has 29 heavy (non-hydrogen) atoms. The molecule has 0 aromatic heterocycles. The van der Waals surface area contributed by atoms with Gasteiger partial charge in [-0.2, -0.15) is 13.9 Å². The molecule has 0 aliphatic rings.